The van der Waals surface area contributed by atoms with E-state index < -0.39 is 0 Å². The Balaban J connectivity index is 0.00000180. The number of hydrogen-bond donors (Lipinski definition) is 2. The van der Waals surface area contributed by atoms with Crippen molar-refractivity contribution in [2.45, 2.75) is 38.6 Å². The standard InChI is InChI=1S/C15H22N2O.ClH/c1-12-5-2-3-6-13(12)8-9-15(18)17-14-7-4-10-16-11-14;/h2-3,5-6,14,16H,4,7-11H2,1H3,(H,17,18);1H/t14-;/m1./s1. The van der Waals surface area contributed by atoms with Gasteiger partial charge in [-0.1, -0.05) is 24.3 Å². The normalized spacial score (nSPS) is 18.5. The minimum atomic E-state index is 0. The average molecular weight is 283 g/mol. The lowest BCUT2D eigenvalue weighted by molar-refractivity contribution is -0.121. The summed E-state index contributed by atoms with van der Waals surface area (Å²) in [7, 11) is 0. The summed E-state index contributed by atoms with van der Waals surface area (Å²) in [5.74, 6) is 0.173. The van der Waals surface area contributed by atoms with Gasteiger partial charge in [-0.15, -0.1) is 12.4 Å². The Kier molecular flexibility index (Phi) is 6.89. The van der Waals surface area contributed by atoms with E-state index in [-0.39, 0.29) is 18.3 Å². The van der Waals surface area contributed by atoms with Crippen LogP contribution in [0.15, 0.2) is 24.3 Å². The van der Waals surface area contributed by atoms with Crippen molar-refractivity contribution in [1.29, 1.82) is 0 Å². The minimum absolute atomic E-state index is 0. The molecule has 2 N–H and O–H groups in total. The lowest BCUT2D eigenvalue weighted by Gasteiger charge is -2.23. The number of rotatable bonds is 4. The number of piperidine rings is 1. The molecular formula is C15H23ClN2O. The van der Waals surface area contributed by atoms with Gasteiger partial charge in [0, 0.05) is 19.0 Å². The van der Waals surface area contributed by atoms with Crippen LogP contribution in [0.1, 0.15) is 30.4 Å². The molecule has 0 bridgehead atoms. The van der Waals surface area contributed by atoms with Crippen molar-refractivity contribution in [2.24, 2.45) is 0 Å². The van der Waals surface area contributed by atoms with Crippen molar-refractivity contribution in [3.05, 3.63) is 35.4 Å². The SMILES string of the molecule is Cc1ccccc1CCC(=O)N[C@@H]1CCCNC1.Cl. The number of halogens is 1. The summed E-state index contributed by atoms with van der Waals surface area (Å²) in [4.78, 5) is 11.9. The molecule has 1 aliphatic rings. The van der Waals surface area contributed by atoms with Crippen molar-refractivity contribution in [3.63, 3.8) is 0 Å². The van der Waals surface area contributed by atoms with Crippen LogP contribution in [0.2, 0.25) is 0 Å². The smallest absolute Gasteiger partial charge is 0.220 e. The third-order valence-electron chi connectivity index (χ3n) is 3.54. The maximum atomic E-state index is 11.9. The van der Waals surface area contributed by atoms with Gasteiger partial charge < -0.3 is 10.6 Å². The maximum absolute atomic E-state index is 11.9. The molecule has 2 rings (SSSR count). The summed E-state index contributed by atoms with van der Waals surface area (Å²) in [6, 6.07) is 8.59. The third kappa shape index (κ3) is 5.21. The van der Waals surface area contributed by atoms with Crippen LogP contribution in [-0.2, 0) is 11.2 Å². The maximum Gasteiger partial charge on any atom is 0.220 e. The molecule has 0 aromatic heterocycles. The van der Waals surface area contributed by atoms with Crippen molar-refractivity contribution >= 4 is 18.3 Å². The molecule has 19 heavy (non-hydrogen) atoms. The molecule has 1 amide bonds. The summed E-state index contributed by atoms with van der Waals surface area (Å²) in [6.07, 6.45) is 3.67. The predicted octanol–water partition coefficient (Wildman–Crippen LogP) is 2.22. The molecule has 3 nitrogen and oxygen atoms in total. The molecule has 0 aliphatic carbocycles. The van der Waals surface area contributed by atoms with E-state index in [1.165, 1.54) is 11.1 Å². The first kappa shape index (κ1) is 16.0. The number of amides is 1. The molecule has 1 heterocycles. The van der Waals surface area contributed by atoms with Gasteiger partial charge in [0.25, 0.3) is 0 Å². The van der Waals surface area contributed by atoms with Crippen LogP contribution in [0.3, 0.4) is 0 Å². The van der Waals surface area contributed by atoms with E-state index in [1.54, 1.807) is 0 Å². The molecule has 1 aromatic carbocycles. The van der Waals surface area contributed by atoms with Crippen molar-refractivity contribution in [3.8, 4) is 0 Å². The first-order valence-electron chi connectivity index (χ1n) is 6.80. The fraction of sp³-hybridized carbons (Fsp3) is 0.533. The monoisotopic (exact) mass is 282 g/mol. The summed E-state index contributed by atoms with van der Waals surface area (Å²) < 4.78 is 0. The zero-order chi connectivity index (χ0) is 12.8. The summed E-state index contributed by atoms with van der Waals surface area (Å²) in [5, 5.41) is 6.42. The van der Waals surface area contributed by atoms with Crippen molar-refractivity contribution < 1.29 is 4.79 Å². The van der Waals surface area contributed by atoms with Gasteiger partial charge in [-0.2, -0.15) is 0 Å². The second-order valence-electron chi connectivity index (χ2n) is 5.04. The highest BCUT2D eigenvalue weighted by Gasteiger charge is 2.15. The van der Waals surface area contributed by atoms with Crippen LogP contribution >= 0.6 is 12.4 Å². The molecule has 1 aromatic rings. The van der Waals surface area contributed by atoms with Gasteiger partial charge in [0.2, 0.25) is 5.91 Å². The molecule has 1 saturated heterocycles. The van der Waals surface area contributed by atoms with Gasteiger partial charge in [0.05, 0.1) is 0 Å². The number of hydrogen-bond acceptors (Lipinski definition) is 2. The van der Waals surface area contributed by atoms with E-state index in [9.17, 15) is 4.79 Å². The number of carbonyl (C=O) groups is 1. The highest BCUT2D eigenvalue weighted by molar-refractivity contribution is 5.85. The molecule has 1 atom stereocenters. The molecule has 0 unspecified atom stereocenters. The van der Waals surface area contributed by atoms with Crippen LogP contribution in [0, 0.1) is 6.92 Å². The van der Waals surface area contributed by atoms with Gasteiger partial charge in [-0.05, 0) is 43.9 Å². The highest BCUT2D eigenvalue weighted by Crippen LogP contribution is 2.09. The first-order valence-corrected chi connectivity index (χ1v) is 6.80. The van der Waals surface area contributed by atoms with E-state index in [4.69, 9.17) is 0 Å². The predicted molar refractivity (Wildman–Crippen MR) is 80.8 cm³/mol. The van der Waals surface area contributed by atoms with Crippen LogP contribution in [-0.4, -0.2) is 25.0 Å². The minimum Gasteiger partial charge on any atom is -0.352 e. The molecule has 0 spiro atoms. The Hall–Kier alpha value is -1.06. The third-order valence-corrected chi connectivity index (χ3v) is 3.54. The Morgan fingerprint density at radius 3 is 2.89 bits per heavy atom. The molecule has 4 heteroatoms. The van der Waals surface area contributed by atoms with E-state index in [2.05, 4.69) is 29.7 Å². The number of benzene rings is 1. The Morgan fingerprint density at radius 2 is 2.21 bits per heavy atom. The van der Waals surface area contributed by atoms with Crippen molar-refractivity contribution in [1.82, 2.24) is 10.6 Å². The summed E-state index contributed by atoms with van der Waals surface area (Å²) in [6.45, 7) is 4.09. The molecular weight excluding hydrogens is 260 g/mol. The second-order valence-corrected chi connectivity index (χ2v) is 5.04. The van der Waals surface area contributed by atoms with Crippen LogP contribution in [0.5, 0.6) is 0 Å². The van der Waals surface area contributed by atoms with Crippen LogP contribution in [0.25, 0.3) is 0 Å². The number of carbonyl (C=O) groups excluding carboxylic acids is 1. The average Bonchev–Trinajstić information content (AvgIpc) is 2.39. The zero-order valence-electron chi connectivity index (χ0n) is 11.4. The van der Waals surface area contributed by atoms with Crippen LogP contribution < -0.4 is 10.6 Å². The van der Waals surface area contributed by atoms with Crippen LogP contribution in [0.4, 0.5) is 0 Å². The lowest BCUT2D eigenvalue weighted by Crippen LogP contribution is -2.45. The number of aryl methyl sites for hydroxylation is 2. The van der Waals surface area contributed by atoms with Gasteiger partial charge in [-0.25, -0.2) is 0 Å². The van der Waals surface area contributed by atoms with E-state index in [1.807, 2.05) is 12.1 Å². The van der Waals surface area contributed by atoms with Gasteiger partial charge in [-0.3, -0.25) is 4.79 Å². The molecule has 106 valence electrons. The second kappa shape index (κ2) is 8.18. The van der Waals surface area contributed by atoms with E-state index in [0.29, 0.717) is 12.5 Å². The number of nitrogens with one attached hydrogen (secondary N) is 2. The zero-order valence-corrected chi connectivity index (χ0v) is 12.3. The van der Waals surface area contributed by atoms with Gasteiger partial charge in [0.15, 0.2) is 0 Å². The molecule has 1 fully saturated rings. The van der Waals surface area contributed by atoms with E-state index in [0.717, 1.165) is 32.4 Å². The Morgan fingerprint density at radius 1 is 1.42 bits per heavy atom. The molecule has 0 radical (unpaired) electrons. The highest BCUT2D eigenvalue weighted by atomic mass is 35.5. The quantitative estimate of drug-likeness (QED) is 0.889. The lowest BCUT2D eigenvalue weighted by atomic mass is 10.0. The van der Waals surface area contributed by atoms with E-state index >= 15 is 0 Å². The largest absolute Gasteiger partial charge is 0.352 e. The van der Waals surface area contributed by atoms with Gasteiger partial charge in [0.1, 0.15) is 0 Å². The fourth-order valence-electron chi connectivity index (χ4n) is 2.41. The summed E-state index contributed by atoms with van der Waals surface area (Å²) in [5.41, 5.74) is 2.54. The van der Waals surface area contributed by atoms with Crippen molar-refractivity contribution in [2.75, 3.05) is 13.1 Å². The summed E-state index contributed by atoms with van der Waals surface area (Å²) >= 11 is 0. The first-order chi connectivity index (χ1) is 8.75. The molecule has 1 aliphatic heterocycles. The fourth-order valence-corrected chi connectivity index (χ4v) is 2.41. The van der Waals surface area contributed by atoms with Gasteiger partial charge >= 0.3 is 0 Å². The topological polar surface area (TPSA) is 41.1 Å². The molecule has 0 saturated carbocycles. The Labute approximate surface area is 121 Å². The Bertz CT molecular complexity index is 403.